The molecule has 0 aromatic carbocycles. The highest BCUT2D eigenvalue weighted by molar-refractivity contribution is 5.79. The van der Waals surface area contributed by atoms with Gasteiger partial charge in [0, 0.05) is 25.1 Å². The van der Waals surface area contributed by atoms with Crippen LogP contribution in [0.25, 0.3) is 0 Å². The summed E-state index contributed by atoms with van der Waals surface area (Å²) in [5.74, 6) is 0.464. The fraction of sp³-hybridized carbons (Fsp3) is 0.667. The quantitative estimate of drug-likeness (QED) is 0.793. The highest BCUT2D eigenvalue weighted by Crippen LogP contribution is 2.26. The number of hydrogen-bond acceptors (Lipinski definition) is 5. The first-order chi connectivity index (χ1) is 8.47. The zero-order valence-corrected chi connectivity index (χ0v) is 10.7. The van der Waals surface area contributed by atoms with E-state index in [2.05, 4.69) is 5.16 Å². The van der Waals surface area contributed by atoms with Crippen molar-refractivity contribution in [3.8, 4) is 0 Å². The van der Waals surface area contributed by atoms with Crippen LogP contribution in [0.15, 0.2) is 10.6 Å². The Bertz CT molecular complexity index is 422. The number of nitrogens with zero attached hydrogens (tertiary/aromatic N) is 2. The molecule has 3 N–H and O–H groups in total. The number of aryl methyl sites for hydroxylation is 1. The second-order valence-corrected chi connectivity index (χ2v) is 5.03. The standard InChI is InChI=1S/C12H19N3O3/c1-7-3-9(18-14-7)6-15(2)12(17)8-4-10(13)11(16)5-8/h3,8,10-11,16H,4-6,13H2,1-2H3/t8-,10+,11+/m0/s1. The van der Waals surface area contributed by atoms with Crippen LogP contribution in [0.1, 0.15) is 24.3 Å². The largest absolute Gasteiger partial charge is 0.391 e. The van der Waals surface area contributed by atoms with Crippen molar-refractivity contribution in [2.75, 3.05) is 7.05 Å². The smallest absolute Gasteiger partial charge is 0.225 e. The lowest BCUT2D eigenvalue weighted by Crippen LogP contribution is -2.32. The zero-order valence-electron chi connectivity index (χ0n) is 10.7. The van der Waals surface area contributed by atoms with Crippen LogP contribution < -0.4 is 5.73 Å². The minimum absolute atomic E-state index is 0.00365. The van der Waals surface area contributed by atoms with Crippen LogP contribution in [0.4, 0.5) is 0 Å². The van der Waals surface area contributed by atoms with Gasteiger partial charge in [-0.05, 0) is 19.8 Å². The molecule has 1 fully saturated rings. The van der Waals surface area contributed by atoms with Gasteiger partial charge in [0.05, 0.1) is 18.3 Å². The lowest BCUT2D eigenvalue weighted by Gasteiger charge is -2.19. The first-order valence-electron chi connectivity index (χ1n) is 6.08. The van der Waals surface area contributed by atoms with Gasteiger partial charge >= 0.3 is 0 Å². The number of aliphatic hydroxyl groups is 1. The summed E-state index contributed by atoms with van der Waals surface area (Å²) in [7, 11) is 1.72. The van der Waals surface area contributed by atoms with Gasteiger partial charge in [0.15, 0.2) is 5.76 Å². The minimum atomic E-state index is -0.570. The Balaban J connectivity index is 1.93. The van der Waals surface area contributed by atoms with E-state index in [9.17, 15) is 9.90 Å². The van der Waals surface area contributed by atoms with Crippen molar-refractivity contribution < 1.29 is 14.4 Å². The van der Waals surface area contributed by atoms with Crippen LogP contribution in [0.2, 0.25) is 0 Å². The Labute approximate surface area is 106 Å². The molecule has 1 aliphatic rings. The van der Waals surface area contributed by atoms with Crippen LogP contribution in [0, 0.1) is 12.8 Å². The van der Waals surface area contributed by atoms with Crippen molar-refractivity contribution in [2.24, 2.45) is 11.7 Å². The molecular formula is C12H19N3O3. The second-order valence-electron chi connectivity index (χ2n) is 5.03. The normalized spacial score (nSPS) is 27.4. The molecule has 1 saturated carbocycles. The molecule has 18 heavy (non-hydrogen) atoms. The summed E-state index contributed by atoms with van der Waals surface area (Å²) in [6.07, 6.45) is 0.416. The second kappa shape index (κ2) is 5.07. The molecule has 1 aromatic heterocycles. The van der Waals surface area contributed by atoms with Crippen molar-refractivity contribution in [3.05, 3.63) is 17.5 Å². The van der Waals surface area contributed by atoms with Crippen molar-refractivity contribution >= 4 is 5.91 Å². The van der Waals surface area contributed by atoms with Crippen molar-refractivity contribution in [2.45, 2.75) is 38.5 Å². The summed E-state index contributed by atoms with van der Waals surface area (Å²) >= 11 is 0. The van der Waals surface area contributed by atoms with Gasteiger partial charge in [-0.25, -0.2) is 0 Å². The Morgan fingerprint density at radius 1 is 1.67 bits per heavy atom. The maximum Gasteiger partial charge on any atom is 0.225 e. The summed E-state index contributed by atoms with van der Waals surface area (Å²) in [4.78, 5) is 13.7. The predicted molar refractivity (Wildman–Crippen MR) is 64.4 cm³/mol. The molecule has 2 rings (SSSR count). The topological polar surface area (TPSA) is 92.6 Å². The highest BCUT2D eigenvalue weighted by atomic mass is 16.5. The Morgan fingerprint density at radius 3 is 2.89 bits per heavy atom. The molecular weight excluding hydrogens is 234 g/mol. The van der Waals surface area contributed by atoms with Crippen molar-refractivity contribution in [3.63, 3.8) is 0 Å². The van der Waals surface area contributed by atoms with Crippen LogP contribution >= 0.6 is 0 Å². The molecule has 0 spiro atoms. The predicted octanol–water partition coefficient (Wildman–Crippen LogP) is 0.0396. The number of aromatic nitrogens is 1. The molecule has 1 aromatic rings. The van der Waals surface area contributed by atoms with E-state index in [4.69, 9.17) is 10.3 Å². The van der Waals surface area contributed by atoms with Gasteiger partial charge in [-0.3, -0.25) is 4.79 Å². The molecule has 3 atom stereocenters. The third kappa shape index (κ3) is 2.70. The molecule has 1 amide bonds. The fourth-order valence-corrected chi connectivity index (χ4v) is 2.36. The van der Waals surface area contributed by atoms with E-state index in [-0.39, 0.29) is 17.9 Å². The molecule has 0 radical (unpaired) electrons. The fourth-order valence-electron chi connectivity index (χ4n) is 2.36. The third-order valence-corrected chi connectivity index (χ3v) is 3.37. The SMILES string of the molecule is Cc1cc(CN(C)C(=O)[C@H]2C[C@@H](N)[C@H](O)C2)on1. The molecule has 6 heteroatoms. The zero-order chi connectivity index (χ0) is 13.3. The average Bonchev–Trinajstić information content (AvgIpc) is 2.85. The maximum absolute atomic E-state index is 12.1. The van der Waals surface area contributed by atoms with Gasteiger partial charge in [-0.2, -0.15) is 0 Å². The van der Waals surface area contributed by atoms with E-state index in [0.717, 1.165) is 5.69 Å². The molecule has 0 saturated heterocycles. The number of rotatable bonds is 3. The first-order valence-corrected chi connectivity index (χ1v) is 6.08. The number of aliphatic hydroxyl groups excluding tert-OH is 1. The van der Waals surface area contributed by atoms with Gasteiger partial charge in [0.1, 0.15) is 0 Å². The summed E-state index contributed by atoms with van der Waals surface area (Å²) in [5, 5.41) is 13.3. The summed E-state index contributed by atoms with van der Waals surface area (Å²) < 4.78 is 5.07. The number of amides is 1. The molecule has 0 bridgehead atoms. The Hall–Kier alpha value is -1.40. The van der Waals surface area contributed by atoms with Crippen LogP contribution in [-0.2, 0) is 11.3 Å². The highest BCUT2D eigenvalue weighted by Gasteiger charge is 2.36. The Morgan fingerprint density at radius 2 is 2.39 bits per heavy atom. The van der Waals surface area contributed by atoms with Gasteiger partial charge < -0.3 is 20.3 Å². The molecule has 0 aliphatic heterocycles. The van der Waals surface area contributed by atoms with Crippen molar-refractivity contribution in [1.82, 2.24) is 10.1 Å². The monoisotopic (exact) mass is 253 g/mol. The molecule has 100 valence electrons. The van der Waals surface area contributed by atoms with Crippen LogP contribution in [-0.4, -0.2) is 40.3 Å². The van der Waals surface area contributed by atoms with Gasteiger partial charge in [0.2, 0.25) is 5.91 Å². The van der Waals surface area contributed by atoms with E-state index in [0.29, 0.717) is 25.1 Å². The minimum Gasteiger partial charge on any atom is -0.391 e. The van der Waals surface area contributed by atoms with Gasteiger partial charge in [-0.1, -0.05) is 5.16 Å². The maximum atomic E-state index is 12.1. The third-order valence-electron chi connectivity index (χ3n) is 3.37. The molecule has 0 unspecified atom stereocenters. The lowest BCUT2D eigenvalue weighted by atomic mass is 10.1. The van der Waals surface area contributed by atoms with Crippen LogP contribution in [0.5, 0.6) is 0 Å². The van der Waals surface area contributed by atoms with Crippen LogP contribution in [0.3, 0.4) is 0 Å². The van der Waals surface area contributed by atoms with Gasteiger partial charge in [0.25, 0.3) is 0 Å². The molecule has 1 aliphatic carbocycles. The average molecular weight is 253 g/mol. The number of carbonyl (C=O) groups is 1. The number of carbonyl (C=O) groups excluding carboxylic acids is 1. The van der Waals surface area contributed by atoms with E-state index < -0.39 is 6.10 Å². The summed E-state index contributed by atoms with van der Waals surface area (Å²) in [5.41, 5.74) is 6.51. The number of nitrogens with two attached hydrogens (primary N) is 1. The lowest BCUT2D eigenvalue weighted by molar-refractivity contribution is -0.135. The summed E-state index contributed by atoms with van der Waals surface area (Å²) in [6.45, 7) is 2.22. The van der Waals surface area contributed by atoms with E-state index >= 15 is 0 Å². The number of hydrogen-bond donors (Lipinski definition) is 2. The van der Waals surface area contributed by atoms with Gasteiger partial charge in [-0.15, -0.1) is 0 Å². The molecule has 6 nitrogen and oxygen atoms in total. The first kappa shape index (κ1) is 13.0. The summed E-state index contributed by atoms with van der Waals surface area (Å²) in [6, 6.07) is 1.51. The van der Waals surface area contributed by atoms with E-state index in [1.807, 2.05) is 6.92 Å². The molecule has 1 heterocycles. The van der Waals surface area contributed by atoms with Crippen molar-refractivity contribution in [1.29, 1.82) is 0 Å². The van der Waals surface area contributed by atoms with E-state index in [1.165, 1.54) is 0 Å². The van der Waals surface area contributed by atoms with E-state index in [1.54, 1.807) is 18.0 Å². The Kier molecular flexibility index (Phi) is 3.68.